The van der Waals surface area contributed by atoms with Gasteiger partial charge in [-0.15, -0.1) is 0 Å². The molecule has 13 heavy (non-hydrogen) atoms. The molecular weight excluding hydrogens is 254 g/mol. The lowest BCUT2D eigenvalue weighted by molar-refractivity contribution is 0.0525. The molecular formula is C8H10BrNO2S. The Balaban J connectivity index is 2.87. The fourth-order valence-corrected chi connectivity index (χ4v) is 2.12. The van der Waals surface area contributed by atoms with Crippen LogP contribution >= 0.6 is 27.5 Å². The van der Waals surface area contributed by atoms with Gasteiger partial charge in [0.1, 0.15) is 0 Å². The molecule has 1 aromatic heterocycles. The number of esters is 1. The molecule has 0 aliphatic heterocycles. The van der Waals surface area contributed by atoms with E-state index in [1.54, 1.807) is 12.3 Å². The molecule has 1 rings (SSSR count). The van der Waals surface area contributed by atoms with E-state index in [2.05, 4.69) is 20.3 Å². The molecule has 72 valence electrons. The maximum atomic E-state index is 11.4. The van der Waals surface area contributed by atoms with E-state index in [-0.39, 0.29) is 10.8 Å². The van der Waals surface area contributed by atoms with E-state index < -0.39 is 0 Å². The minimum atomic E-state index is -0.294. The number of ether oxygens (including phenoxy) is 1. The SMILES string of the molecule is CCOC(=O)c1csnc1C(C)Br. The van der Waals surface area contributed by atoms with Crippen molar-refractivity contribution in [2.75, 3.05) is 6.61 Å². The maximum Gasteiger partial charge on any atom is 0.340 e. The van der Waals surface area contributed by atoms with Crippen LogP contribution in [0.25, 0.3) is 0 Å². The summed E-state index contributed by atoms with van der Waals surface area (Å²) in [6.45, 7) is 4.11. The Morgan fingerprint density at radius 2 is 2.54 bits per heavy atom. The number of nitrogens with zero attached hydrogens (tertiary/aromatic N) is 1. The van der Waals surface area contributed by atoms with Gasteiger partial charge in [-0.05, 0) is 25.4 Å². The number of halogens is 1. The predicted molar refractivity (Wildman–Crippen MR) is 55.4 cm³/mol. The van der Waals surface area contributed by atoms with Crippen molar-refractivity contribution in [1.29, 1.82) is 0 Å². The first-order valence-electron chi connectivity index (χ1n) is 3.92. The smallest absolute Gasteiger partial charge is 0.340 e. The van der Waals surface area contributed by atoms with Crippen molar-refractivity contribution in [2.45, 2.75) is 18.7 Å². The molecule has 0 bridgehead atoms. The first kappa shape index (κ1) is 10.7. The number of hydrogen-bond donors (Lipinski definition) is 0. The monoisotopic (exact) mass is 263 g/mol. The lowest BCUT2D eigenvalue weighted by atomic mass is 10.2. The molecule has 0 N–H and O–H groups in total. The Labute approximate surface area is 89.4 Å². The molecule has 0 amide bonds. The molecule has 1 aromatic rings. The fourth-order valence-electron chi connectivity index (χ4n) is 0.894. The van der Waals surface area contributed by atoms with Gasteiger partial charge < -0.3 is 4.74 Å². The summed E-state index contributed by atoms with van der Waals surface area (Å²) in [5, 5.41) is 1.71. The Morgan fingerprint density at radius 1 is 1.85 bits per heavy atom. The molecule has 0 saturated carbocycles. The number of aromatic nitrogens is 1. The number of rotatable bonds is 3. The van der Waals surface area contributed by atoms with Gasteiger partial charge in [0.05, 0.1) is 22.7 Å². The second-order valence-corrected chi connectivity index (χ2v) is 4.45. The van der Waals surface area contributed by atoms with Crippen molar-refractivity contribution in [3.8, 4) is 0 Å². The maximum absolute atomic E-state index is 11.4. The van der Waals surface area contributed by atoms with Gasteiger partial charge in [-0.25, -0.2) is 4.79 Å². The third-order valence-electron chi connectivity index (χ3n) is 1.47. The van der Waals surface area contributed by atoms with E-state index in [4.69, 9.17) is 4.74 Å². The molecule has 3 nitrogen and oxygen atoms in total. The highest BCUT2D eigenvalue weighted by Gasteiger charge is 2.17. The van der Waals surface area contributed by atoms with Crippen molar-refractivity contribution < 1.29 is 9.53 Å². The summed E-state index contributed by atoms with van der Waals surface area (Å²) in [6, 6.07) is 0. The molecule has 0 spiro atoms. The van der Waals surface area contributed by atoms with Crippen molar-refractivity contribution in [1.82, 2.24) is 4.37 Å². The summed E-state index contributed by atoms with van der Waals surface area (Å²) >= 11 is 4.64. The highest BCUT2D eigenvalue weighted by molar-refractivity contribution is 9.09. The Hall–Kier alpha value is -0.420. The van der Waals surface area contributed by atoms with Crippen LogP contribution in [0.5, 0.6) is 0 Å². The van der Waals surface area contributed by atoms with Crippen LogP contribution in [0.4, 0.5) is 0 Å². The van der Waals surface area contributed by atoms with Gasteiger partial charge in [-0.3, -0.25) is 0 Å². The summed E-state index contributed by atoms with van der Waals surface area (Å²) in [4.78, 5) is 11.4. The number of carbonyl (C=O) groups is 1. The molecule has 0 aliphatic rings. The van der Waals surface area contributed by atoms with Gasteiger partial charge in [0.15, 0.2) is 0 Å². The normalized spacial score (nSPS) is 12.5. The van der Waals surface area contributed by atoms with Crippen molar-refractivity contribution in [2.24, 2.45) is 0 Å². The van der Waals surface area contributed by atoms with Crippen LogP contribution in [0.3, 0.4) is 0 Å². The minimum absolute atomic E-state index is 0.0816. The van der Waals surface area contributed by atoms with Crippen LogP contribution < -0.4 is 0 Å². The first-order chi connectivity index (χ1) is 6.16. The third-order valence-corrected chi connectivity index (χ3v) is 2.55. The molecule has 1 unspecified atom stereocenters. The molecule has 5 heteroatoms. The van der Waals surface area contributed by atoms with E-state index in [0.29, 0.717) is 12.2 Å². The summed E-state index contributed by atoms with van der Waals surface area (Å²) < 4.78 is 9.00. The summed E-state index contributed by atoms with van der Waals surface area (Å²) in [6.07, 6.45) is 0. The largest absolute Gasteiger partial charge is 0.462 e. The molecule has 1 heterocycles. The number of hydrogen-bond acceptors (Lipinski definition) is 4. The first-order valence-corrected chi connectivity index (χ1v) is 5.67. The van der Waals surface area contributed by atoms with E-state index in [1.165, 1.54) is 11.5 Å². The average molecular weight is 264 g/mol. The Bertz CT molecular complexity index is 298. The van der Waals surface area contributed by atoms with Gasteiger partial charge in [-0.2, -0.15) is 4.37 Å². The van der Waals surface area contributed by atoms with Crippen LogP contribution in [0.15, 0.2) is 5.38 Å². The zero-order valence-electron chi connectivity index (χ0n) is 7.41. The zero-order valence-corrected chi connectivity index (χ0v) is 9.81. The number of alkyl halides is 1. The molecule has 0 saturated heterocycles. The van der Waals surface area contributed by atoms with Crippen LogP contribution in [0.1, 0.15) is 34.7 Å². The second kappa shape index (κ2) is 4.72. The average Bonchev–Trinajstić information content (AvgIpc) is 2.52. The van der Waals surface area contributed by atoms with E-state index in [0.717, 1.165) is 5.69 Å². The summed E-state index contributed by atoms with van der Waals surface area (Å²) in [5.41, 5.74) is 1.32. The van der Waals surface area contributed by atoms with E-state index in [1.807, 2.05) is 6.92 Å². The Kier molecular flexibility index (Phi) is 3.87. The number of carbonyl (C=O) groups excluding carboxylic acids is 1. The topological polar surface area (TPSA) is 39.2 Å². The molecule has 0 aromatic carbocycles. The van der Waals surface area contributed by atoms with Crippen LogP contribution in [-0.2, 0) is 4.74 Å². The Morgan fingerprint density at radius 3 is 3.08 bits per heavy atom. The van der Waals surface area contributed by atoms with Gasteiger partial charge >= 0.3 is 5.97 Å². The van der Waals surface area contributed by atoms with Crippen molar-refractivity contribution >= 4 is 33.4 Å². The lowest BCUT2D eigenvalue weighted by Crippen LogP contribution is -2.06. The lowest BCUT2D eigenvalue weighted by Gasteiger charge is -2.03. The molecule has 1 atom stereocenters. The van der Waals surface area contributed by atoms with Gasteiger partial charge in [0.25, 0.3) is 0 Å². The van der Waals surface area contributed by atoms with Gasteiger partial charge in [0.2, 0.25) is 0 Å². The quantitative estimate of drug-likeness (QED) is 0.622. The third kappa shape index (κ3) is 2.51. The van der Waals surface area contributed by atoms with E-state index in [9.17, 15) is 4.79 Å². The standard InChI is InChI=1S/C8H10BrNO2S/c1-3-12-8(11)6-4-13-10-7(6)5(2)9/h4-5H,3H2,1-2H3. The summed E-state index contributed by atoms with van der Waals surface area (Å²) in [7, 11) is 0. The highest BCUT2D eigenvalue weighted by Crippen LogP contribution is 2.25. The van der Waals surface area contributed by atoms with Crippen molar-refractivity contribution in [3.05, 3.63) is 16.6 Å². The summed E-state index contributed by atoms with van der Waals surface area (Å²) in [5.74, 6) is -0.294. The minimum Gasteiger partial charge on any atom is -0.462 e. The van der Waals surface area contributed by atoms with Crippen LogP contribution in [-0.4, -0.2) is 16.9 Å². The van der Waals surface area contributed by atoms with Gasteiger partial charge in [0, 0.05) is 5.38 Å². The molecule has 0 fully saturated rings. The highest BCUT2D eigenvalue weighted by atomic mass is 79.9. The predicted octanol–water partition coefficient (Wildman–Crippen LogP) is 2.78. The van der Waals surface area contributed by atoms with Gasteiger partial charge in [-0.1, -0.05) is 15.9 Å². The fraction of sp³-hybridized carbons (Fsp3) is 0.500. The van der Waals surface area contributed by atoms with Crippen LogP contribution in [0.2, 0.25) is 0 Å². The molecule has 0 radical (unpaired) electrons. The van der Waals surface area contributed by atoms with Crippen molar-refractivity contribution in [3.63, 3.8) is 0 Å². The molecule has 0 aliphatic carbocycles. The van der Waals surface area contributed by atoms with E-state index >= 15 is 0 Å². The zero-order chi connectivity index (χ0) is 9.84. The second-order valence-electron chi connectivity index (χ2n) is 2.45. The van der Waals surface area contributed by atoms with Crippen LogP contribution in [0, 0.1) is 0 Å².